The molecule has 0 spiro atoms. The normalized spacial score (nSPS) is 39.3. The molecule has 2 fully saturated rings. The Bertz CT molecular complexity index is 2480. The molecule has 20 nitrogen and oxygen atoms in total. The smallest absolute Gasteiger partial charge is 0.331 e. The zero-order valence-corrected chi connectivity index (χ0v) is 62.3. The molecule has 30 atom stereocenters. The highest BCUT2D eigenvalue weighted by atomic mass is 16.6. The van der Waals surface area contributed by atoms with Crippen molar-refractivity contribution >= 4 is 11.9 Å². The van der Waals surface area contributed by atoms with Gasteiger partial charge < -0.3 is 88.2 Å². The fourth-order valence-corrected chi connectivity index (χ4v) is 15.3. The third-order valence-corrected chi connectivity index (χ3v) is 22.3. The number of carbonyl (C=O) groups excluding carboxylic acids is 2. The number of ether oxygens (including phenoxy) is 10. The molecule has 0 aromatic carbocycles. The first-order valence-electron chi connectivity index (χ1n) is 37.0. The van der Waals surface area contributed by atoms with Gasteiger partial charge in [-0.3, -0.25) is 0 Å². The Balaban J connectivity index is 1.35. The lowest BCUT2D eigenvalue weighted by Gasteiger charge is -2.38. The zero-order valence-electron chi connectivity index (χ0n) is 62.3. The van der Waals surface area contributed by atoms with Crippen molar-refractivity contribution in [2.45, 2.75) is 320 Å². The first kappa shape index (κ1) is 85.4. The molecule has 0 radical (unpaired) electrons. The summed E-state index contributed by atoms with van der Waals surface area (Å²) in [6.07, 6.45) is 14.3. The Morgan fingerprint density at radius 1 is 0.480 bits per heavy atom. The van der Waals surface area contributed by atoms with E-state index in [-0.39, 0.29) is 98.7 Å². The van der Waals surface area contributed by atoms with Crippen LogP contribution in [0.1, 0.15) is 192 Å². The topological polar surface area (TPSA) is 288 Å². The van der Waals surface area contributed by atoms with Gasteiger partial charge in [0.15, 0.2) is 0 Å². The van der Waals surface area contributed by atoms with E-state index in [4.69, 9.17) is 47.4 Å². The van der Waals surface area contributed by atoms with Crippen molar-refractivity contribution in [1.29, 1.82) is 0 Å². The number of carbonyl (C=O) groups is 2. The van der Waals surface area contributed by atoms with Crippen LogP contribution in [0.5, 0.6) is 0 Å². The standard InChI is InChI=1S/C78H132O20/c1-45-20-27-58(79)37-60-31-26-57(44-93-60)36-71(91-15)51(7)67(81)42-69(83)53(9)77(55(11)75(87)47(3)24-29-63-39-65(89-13)34-49(5)94-63)97-74(86)33-23-46(2)21-28-59(80)38-61-18-17-19-62(96-61)41-72(92-16)52(8)68(82)43-70(84)54(10)78(98-73(85)32-22-45)56(12)76(88)48(4)25-30-64-40-66(90-14)35-50(6)95-64/h17-18,20-23,26,31-33,47-72,75-84,87-88H,19,24-25,27-30,34-44H2,1-16H3. The molecule has 4 bridgehead atoms. The van der Waals surface area contributed by atoms with Crippen LogP contribution in [0, 0.1) is 53.3 Å². The van der Waals surface area contributed by atoms with E-state index in [9.17, 15) is 50.4 Å². The predicted octanol–water partition coefficient (Wildman–Crippen LogP) is 9.97. The van der Waals surface area contributed by atoms with Gasteiger partial charge in [-0.1, -0.05) is 115 Å². The number of hydrogen-bond acceptors (Lipinski definition) is 20. The third kappa shape index (κ3) is 28.1. The summed E-state index contributed by atoms with van der Waals surface area (Å²) in [6.45, 7) is 22.9. The van der Waals surface area contributed by atoms with Crippen molar-refractivity contribution in [3.63, 3.8) is 0 Å². The Morgan fingerprint density at radius 3 is 1.33 bits per heavy atom. The maximum atomic E-state index is 13.9. The van der Waals surface area contributed by atoms with E-state index in [2.05, 4.69) is 6.08 Å². The Kier molecular flexibility index (Phi) is 37.6. The highest BCUT2D eigenvalue weighted by Gasteiger charge is 2.42. The highest BCUT2D eigenvalue weighted by molar-refractivity contribution is 5.83. The maximum Gasteiger partial charge on any atom is 0.331 e. The summed E-state index contributed by atoms with van der Waals surface area (Å²) < 4.78 is 61.0. The van der Waals surface area contributed by atoms with Crippen molar-refractivity contribution in [3.8, 4) is 0 Å². The third-order valence-electron chi connectivity index (χ3n) is 22.3. The van der Waals surface area contributed by atoms with Crippen molar-refractivity contribution in [2.24, 2.45) is 53.3 Å². The van der Waals surface area contributed by atoms with Crippen molar-refractivity contribution in [2.75, 3.05) is 35.0 Å². The Hall–Kier alpha value is -3.26. The molecule has 0 aliphatic carbocycles. The first-order chi connectivity index (χ1) is 46.4. The lowest BCUT2D eigenvalue weighted by molar-refractivity contribution is -0.158. The van der Waals surface area contributed by atoms with Crippen LogP contribution in [-0.2, 0) is 57.0 Å². The van der Waals surface area contributed by atoms with Crippen LogP contribution >= 0.6 is 0 Å². The molecule has 0 aromatic rings. The van der Waals surface area contributed by atoms with Crippen LogP contribution in [-0.4, -0.2) is 216 Å². The number of rotatable bonds is 16. The molecule has 6 heterocycles. The molecule has 30 unspecified atom stereocenters. The summed E-state index contributed by atoms with van der Waals surface area (Å²) in [5.41, 5.74) is 1.40. The van der Waals surface area contributed by atoms with Crippen LogP contribution in [0.3, 0.4) is 0 Å². The molecule has 564 valence electrons. The highest BCUT2D eigenvalue weighted by Crippen LogP contribution is 2.37. The SMILES string of the molecule is COC1CC(C)OC(CCC(C)C(O)C(C)C2OC(=O)C=CC(C)=CCC(O)CC3C=CCC(CC(OC)C(C)C(O)CC(O)C(C)C(C(C)C(O)C(C)CCC4CC(OC)CC(C)O4)OC(=O)C=CC(C)=CCC(O)CC4C=CC(CO4)CC(OC)C(C)C(O)CC(O)C2C)O3)C1. The summed E-state index contributed by atoms with van der Waals surface area (Å²) in [5.74, 6) is -5.49. The van der Waals surface area contributed by atoms with E-state index in [1.54, 1.807) is 54.4 Å². The van der Waals surface area contributed by atoms with Gasteiger partial charge in [0.2, 0.25) is 0 Å². The van der Waals surface area contributed by atoms with Crippen LogP contribution in [0.4, 0.5) is 0 Å². The zero-order chi connectivity index (χ0) is 72.5. The predicted molar refractivity (Wildman–Crippen MR) is 377 cm³/mol. The monoisotopic (exact) mass is 1390 g/mol. The summed E-state index contributed by atoms with van der Waals surface area (Å²) in [5, 5.41) is 94.2. The number of hydrogen-bond donors (Lipinski definition) is 8. The van der Waals surface area contributed by atoms with Crippen molar-refractivity contribution in [1.82, 2.24) is 0 Å². The summed E-state index contributed by atoms with van der Waals surface area (Å²) in [4.78, 5) is 27.8. The quantitative estimate of drug-likeness (QED) is 0.0527. The van der Waals surface area contributed by atoms with Gasteiger partial charge >= 0.3 is 11.9 Å². The maximum absolute atomic E-state index is 13.9. The molecule has 0 amide bonds. The molecule has 0 aromatic heterocycles. The van der Waals surface area contributed by atoms with Crippen LogP contribution in [0.2, 0.25) is 0 Å². The van der Waals surface area contributed by atoms with Gasteiger partial charge in [-0.05, 0) is 129 Å². The second-order valence-corrected chi connectivity index (χ2v) is 30.4. The fourth-order valence-electron chi connectivity index (χ4n) is 15.3. The van der Waals surface area contributed by atoms with E-state index in [1.807, 2.05) is 99.6 Å². The largest absolute Gasteiger partial charge is 0.458 e. The molecule has 98 heavy (non-hydrogen) atoms. The van der Waals surface area contributed by atoms with Crippen LogP contribution in [0.15, 0.2) is 71.9 Å². The van der Waals surface area contributed by atoms with E-state index >= 15 is 0 Å². The molecule has 0 saturated carbocycles. The number of allylic oxidation sites excluding steroid dienone is 4. The van der Waals surface area contributed by atoms with E-state index in [1.165, 1.54) is 12.2 Å². The van der Waals surface area contributed by atoms with E-state index < -0.39 is 127 Å². The number of methoxy groups -OCH3 is 4. The lowest BCUT2D eigenvalue weighted by atomic mass is 9.78. The summed E-state index contributed by atoms with van der Waals surface area (Å²) >= 11 is 0. The average molecular weight is 1390 g/mol. The number of fused-ring (bicyclic) bond motifs is 29. The van der Waals surface area contributed by atoms with Gasteiger partial charge in [-0.2, -0.15) is 0 Å². The lowest BCUT2D eigenvalue weighted by Crippen LogP contribution is -2.45. The minimum atomic E-state index is -1.16. The number of aliphatic hydroxyl groups is 8. The van der Waals surface area contributed by atoms with Gasteiger partial charge in [-0.25, -0.2) is 9.59 Å². The molecular weight excluding hydrogens is 1260 g/mol. The van der Waals surface area contributed by atoms with E-state index in [0.29, 0.717) is 69.1 Å². The van der Waals surface area contributed by atoms with E-state index in [0.717, 1.165) is 25.7 Å². The second-order valence-electron chi connectivity index (χ2n) is 30.4. The molecular formula is C78H132O20. The van der Waals surface area contributed by atoms with Crippen molar-refractivity contribution in [3.05, 3.63) is 71.9 Å². The van der Waals surface area contributed by atoms with Gasteiger partial charge in [0.25, 0.3) is 0 Å². The minimum Gasteiger partial charge on any atom is -0.458 e. The van der Waals surface area contributed by atoms with Gasteiger partial charge in [0.05, 0.1) is 123 Å². The molecule has 20 heteroatoms. The summed E-state index contributed by atoms with van der Waals surface area (Å²) in [7, 11) is 6.60. The number of esters is 2. The fraction of sp³-hybridized carbons (Fsp3) is 0.821. The van der Waals surface area contributed by atoms with Gasteiger partial charge in [0, 0.05) is 101 Å². The molecule has 6 rings (SSSR count). The number of aliphatic hydroxyl groups excluding tert-OH is 8. The average Bonchev–Trinajstić information content (AvgIpc) is 0.842. The molecule has 6 aliphatic heterocycles. The molecule has 2 saturated heterocycles. The minimum absolute atomic E-state index is 0.0264. The molecule has 8 N–H and O–H groups in total. The first-order valence-corrected chi connectivity index (χ1v) is 37.0. The molecule has 6 aliphatic rings. The van der Waals surface area contributed by atoms with Crippen molar-refractivity contribution < 1.29 is 97.8 Å². The Morgan fingerprint density at radius 2 is 0.908 bits per heavy atom. The van der Waals surface area contributed by atoms with Crippen LogP contribution < -0.4 is 0 Å². The van der Waals surface area contributed by atoms with Crippen LogP contribution in [0.25, 0.3) is 0 Å². The van der Waals surface area contributed by atoms with Gasteiger partial charge in [0.1, 0.15) is 12.2 Å². The second kappa shape index (κ2) is 43.1. The van der Waals surface area contributed by atoms with Gasteiger partial charge in [-0.15, -0.1) is 0 Å². The summed E-state index contributed by atoms with van der Waals surface area (Å²) in [6, 6.07) is 0. The Labute approximate surface area is 587 Å².